The summed E-state index contributed by atoms with van der Waals surface area (Å²) < 4.78 is 1.96. The topological polar surface area (TPSA) is 35.8 Å². The van der Waals surface area contributed by atoms with E-state index in [-0.39, 0.29) is 6.04 Å². The van der Waals surface area contributed by atoms with Crippen LogP contribution in [0, 0.1) is 11.3 Å². The van der Waals surface area contributed by atoms with Gasteiger partial charge in [-0.1, -0.05) is 22.0 Å². The zero-order valence-corrected chi connectivity index (χ0v) is 12.6. The summed E-state index contributed by atoms with van der Waals surface area (Å²) in [5.74, 6) is 0. The van der Waals surface area contributed by atoms with Crippen molar-refractivity contribution in [3.63, 3.8) is 0 Å². The first-order chi connectivity index (χ1) is 8.20. The summed E-state index contributed by atoms with van der Waals surface area (Å²) in [4.78, 5) is 0.993. The third-order valence-corrected chi connectivity index (χ3v) is 4.60. The van der Waals surface area contributed by atoms with E-state index in [9.17, 15) is 5.26 Å². The van der Waals surface area contributed by atoms with Crippen LogP contribution in [0.25, 0.3) is 0 Å². The summed E-state index contributed by atoms with van der Waals surface area (Å²) in [6.07, 6.45) is 0. The number of anilines is 1. The fraction of sp³-hybridized carbons (Fsp3) is 0.0833. The maximum atomic E-state index is 9.21. The maximum Gasteiger partial charge on any atom is 0.150 e. The first-order valence-electron chi connectivity index (χ1n) is 4.85. The highest BCUT2D eigenvalue weighted by Gasteiger charge is 2.14. The molecule has 1 N–H and O–H groups in total. The molecule has 0 bridgehead atoms. The van der Waals surface area contributed by atoms with Crippen molar-refractivity contribution in [1.82, 2.24) is 0 Å². The van der Waals surface area contributed by atoms with Gasteiger partial charge in [0.1, 0.15) is 0 Å². The van der Waals surface area contributed by atoms with Crippen LogP contribution < -0.4 is 5.32 Å². The Balaban J connectivity index is 2.23. The Morgan fingerprint density at radius 3 is 2.71 bits per heavy atom. The molecular formula is C12H8Br2N2S. The molecular weight excluding hydrogens is 364 g/mol. The number of nitriles is 1. The van der Waals surface area contributed by atoms with Crippen LogP contribution in [0.1, 0.15) is 10.9 Å². The number of thiophene rings is 1. The molecule has 1 unspecified atom stereocenters. The van der Waals surface area contributed by atoms with Crippen LogP contribution in [0.2, 0.25) is 0 Å². The molecule has 0 aliphatic rings. The lowest BCUT2D eigenvalue weighted by Crippen LogP contribution is -2.07. The third kappa shape index (κ3) is 3.09. The van der Waals surface area contributed by atoms with E-state index in [1.54, 1.807) is 11.3 Å². The zero-order chi connectivity index (χ0) is 12.3. The van der Waals surface area contributed by atoms with Crippen LogP contribution in [0.5, 0.6) is 0 Å². The van der Waals surface area contributed by atoms with Crippen LogP contribution in [-0.2, 0) is 0 Å². The Morgan fingerprint density at radius 2 is 2.12 bits per heavy atom. The lowest BCUT2D eigenvalue weighted by Gasteiger charge is -2.12. The summed E-state index contributed by atoms with van der Waals surface area (Å²) in [6.45, 7) is 0. The Labute approximate surface area is 121 Å². The van der Waals surface area contributed by atoms with E-state index in [0.29, 0.717) is 0 Å². The van der Waals surface area contributed by atoms with Crippen LogP contribution in [0.15, 0.2) is 44.7 Å². The molecule has 1 heterocycles. The standard InChI is InChI=1S/C12H8Br2N2S/c13-8-2-1-3-9(6-8)16-11(7-15)12-10(14)4-5-17-12/h1-6,11,16H. The SMILES string of the molecule is N#CC(Nc1cccc(Br)c1)c1sccc1Br. The number of rotatable bonds is 3. The number of benzene rings is 1. The van der Waals surface area contributed by atoms with Gasteiger partial charge in [0, 0.05) is 14.6 Å². The van der Waals surface area contributed by atoms with Crippen LogP contribution >= 0.6 is 43.2 Å². The van der Waals surface area contributed by atoms with Gasteiger partial charge in [-0.3, -0.25) is 0 Å². The summed E-state index contributed by atoms with van der Waals surface area (Å²) in [5, 5.41) is 14.4. The van der Waals surface area contributed by atoms with Gasteiger partial charge in [0.2, 0.25) is 0 Å². The molecule has 0 spiro atoms. The van der Waals surface area contributed by atoms with Gasteiger partial charge in [0.05, 0.1) is 10.9 Å². The number of hydrogen-bond acceptors (Lipinski definition) is 3. The second-order valence-corrected chi connectivity index (χ2v) is 6.07. The minimum atomic E-state index is -0.335. The first kappa shape index (κ1) is 12.6. The largest absolute Gasteiger partial charge is 0.365 e. The average molecular weight is 372 g/mol. The average Bonchev–Trinajstić information content (AvgIpc) is 2.72. The lowest BCUT2D eigenvalue weighted by atomic mass is 10.2. The lowest BCUT2D eigenvalue weighted by molar-refractivity contribution is 1.02. The summed E-state index contributed by atoms with van der Waals surface area (Å²) in [7, 11) is 0. The van der Waals surface area contributed by atoms with E-state index in [1.807, 2.05) is 35.7 Å². The first-order valence-corrected chi connectivity index (χ1v) is 7.32. The number of hydrogen-bond donors (Lipinski definition) is 1. The smallest absolute Gasteiger partial charge is 0.150 e. The molecule has 0 saturated heterocycles. The van der Waals surface area contributed by atoms with Gasteiger partial charge in [0.25, 0.3) is 0 Å². The van der Waals surface area contributed by atoms with E-state index >= 15 is 0 Å². The molecule has 0 radical (unpaired) electrons. The van der Waals surface area contributed by atoms with Crippen LogP contribution in [0.3, 0.4) is 0 Å². The molecule has 1 aromatic carbocycles. The van der Waals surface area contributed by atoms with Gasteiger partial charge in [-0.25, -0.2) is 0 Å². The Hall–Kier alpha value is -0.830. The van der Waals surface area contributed by atoms with E-state index < -0.39 is 0 Å². The van der Waals surface area contributed by atoms with Gasteiger partial charge >= 0.3 is 0 Å². The predicted molar refractivity (Wildman–Crippen MR) is 78.1 cm³/mol. The molecule has 0 amide bonds. The van der Waals surface area contributed by atoms with E-state index in [2.05, 4.69) is 43.2 Å². The van der Waals surface area contributed by atoms with Gasteiger partial charge in [-0.05, 0) is 45.6 Å². The second kappa shape index (κ2) is 5.67. The Morgan fingerprint density at radius 1 is 1.29 bits per heavy atom. The number of halogens is 2. The fourth-order valence-electron chi connectivity index (χ4n) is 1.41. The van der Waals surface area contributed by atoms with Crippen molar-refractivity contribution in [2.45, 2.75) is 6.04 Å². The molecule has 17 heavy (non-hydrogen) atoms. The van der Waals surface area contributed by atoms with E-state index in [1.165, 1.54) is 0 Å². The molecule has 2 aromatic rings. The molecule has 0 aliphatic heterocycles. The second-order valence-electron chi connectivity index (χ2n) is 3.35. The van der Waals surface area contributed by atoms with Gasteiger partial charge in [-0.15, -0.1) is 11.3 Å². The summed E-state index contributed by atoms with van der Waals surface area (Å²) >= 11 is 8.42. The zero-order valence-electron chi connectivity index (χ0n) is 8.65. The maximum absolute atomic E-state index is 9.21. The molecule has 86 valence electrons. The molecule has 1 aromatic heterocycles. The quantitative estimate of drug-likeness (QED) is 0.828. The molecule has 5 heteroatoms. The van der Waals surface area contributed by atoms with Crippen molar-refractivity contribution < 1.29 is 0 Å². The van der Waals surface area contributed by atoms with Crippen molar-refractivity contribution >= 4 is 48.9 Å². The van der Waals surface area contributed by atoms with Crippen LogP contribution in [0.4, 0.5) is 5.69 Å². The fourth-order valence-corrected chi connectivity index (χ4v) is 3.41. The van der Waals surface area contributed by atoms with Gasteiger partial charge in [-0.2, -0.15) is 5.26 Å². The predicted octanol–water partition coefficient (Wildman–Crippen LogP) is 4.95. The number of nitrogens with one attached hydrogen (secondary N) is 1. The monoisotopic (exact) mass is 370 g/mol. The molecule has 0 fully saturated rings. The van der Waals surface area contributed by atoms with Crippen molar-refractivity contribution in [2.75, 3.05) is 5.32 Å². The highest BCUT2D eigenvalue weighted by molar-refractivity contribution is 9.10. The van der Waals surface area contributed by atoms with Crippen molar-refractivity contribution in [1.29, 1.82) is 5.26 Å². The highest BCUT2D eigenvalue weighted by atomic mass is 79.9. The Bertz CT molecular complexity index is 560. The van der Waals surface area contributed by atoms with Gasteiger partial charge < -0.3 is 5.32 Å². The van der Waals surface area contributed by atoms with Crippen molar-refractivity contribution in [3.8, 4) is 6.07 Å². The van der Waals surface area contributed by atoms with Crippen molar-refractivity contribution in [2.24, 2.45) is 0 Å². The highest BCUT2D eigenvalue weighted by Crippen LogP contribution is 2.31. The molecule has 0 saturated carbocycles. The summed E-state index contributed by atoms with van der Waals surface area (Å²) in [6, 6.07) is 11.7. The minimum absolute atomic E-state index is 0.335. The van der Waals surface area contributed by atoms with Crippen molar-refractivity contribution in [3.05, 3.63) is 49.5 Å². The van der Waals surface area contributed by atoms with Gasteiger partial charge in [0.15, 0.2) is 6.04 Å². The Kier molecular flexibility index (Phi) is 4.21. The molecule has 0 aliphatic carbocycles. The number of nitrogens with zero attached hydrogens (tertiary/aromatic N) is 1. The molecule has 1 atom stereocenters. The van der Waals surface area contributed by atoms with Crippen LogP contribution in [-0.4, -0.2) is 0 Å². The summed E-state index contributed by atoms with van der Waals surface area (Å²) in [5.41, 5.74) is 0.922. The third-order valence-electron chi connectivity index (χ3n) is 2.17. The molecule has 2 rings (SSSR count). The van der Waals surface area contributed by atoms with E-state index in [4.69, 9.17) is 0 Å². The normalized spacial score (nSPS) is 11.8. The van der Waals surface area contributed by atoms with E-state index in [0.717, 1.165) is 19.5 Å². The minimum Gasteiger partial charge on any atom is -0.365 e. The molecule has 2 nitrogen and oxygen atoms in total.